The minimum Gasteiger partial charge on any atom is -0.314 e. The van der Waals surface area contributed by atoms with Gasteiger partial charge in [-0.2, -0.15) is 5.10 Å². The van der Waals surface area contributed by atoms with E-state index in [0.29, 0.717) is 4.48 Å². The van der Waals surface area contributed by atoms with Gasteiger partial charge in [0.25, 0.3) is 0 Å². The monoisotopic (exact) mass is 361 g/mol. The molecule has 120 valence electrons. The Bertz CT molecular complexity index is 906. The molecule has 0 bridgehead atoms. The van der Waals surface area contributed by atoms with E-state index in [9.17, 15) is 8.63 Å². The van der Waals surface area contributed by atoms with Crippen LogP contribution in [0.3, 0.4) is 0 Å². The fourth-order valence-electron chi connectivity index (χ4n) is 2.05. The molecular weight excluding hydrogens is 351 g/mol. The number of aromatic nitrogens is 1. The number of rotatable bonds is 4. The third-order valence-corrected chi connectivity index (χ3v) is 4.35. The van der Waals surface area contributed by atoms with Gasteiger partial charge in [-0.15, -0.1) is 16.4 Å². The lowest BCUT2D eigenvalue weighted by molar-refractivity contribution is 0.619. The molecule has 0 saturated carbocycles. The molecule has 24 heavy (non-hydrogen) atoms. The van der Waals surface area contributed by atoms with Crippen molar-refractivity contribution in [2.75, 3.05) is 0 Å². The number of thiophene rings is 1. The molecule has 3 nitrogen and oxygen atoms in total. The first-order chi connectivity index (χ1) is 11.6. The van der Waals surface area contributed by atoms with Gasteiger partial charge in [-0.25, -0.2) is 0 Å². The maximum absolute atomic E-state index is 12.9. The predicted molar refractivity (Wildman–Crippen MR) is 95.7 cm³/mol. The van der Waals surface area contributed by atoms with Crippen molar-refractivity contribution >= 4 is 36.6 Å². The van der Waals surface area contributed by atoms with Crippen molar-refractivity contribution in [1.82, 2.24) is 4.48 Å². The van der Waals surface area contributed by atoms with Crippen LogP contribution in [-0.4, -0.2) is 18.1 Å². The third-order valence-electron chi connectivity index (χ3n) is 3.21. The Kier molecular flexibility index (Phi) is 5.22. The molecule has 0 atom stereocenters. The quantitative estimate of drug-likeness (QED) is 0.370. The number of benzene rings is 1. The van der Waals surface area contributed by atoms with Crippen LogP contribution < -0.4 is 5.49 Å². The summed E-state index contributed by atoms with van der Waals surface area (Å²) in [5.41, 5.74) is 1.98. The molecule has 3 aromatic rings. The Balaban J connectivity index is 1.81. The highest BCUT2D eigenvalue weighted by Crippen LogP contribution is 2.24. The molecule has 2 aromatic heterocycles. The van der Waals surface area contributed by atoms with Gasteiger partial charge in [0.15, 0.2) is 0 Å². The minimum absolute atomic E-state index is 0.0286. The number of pyridine rings is 1. The molecule has 0 radical (unpaired) electrons. The molecule has 8 heteroatoms. The van der Waals surface area contributed by atoms with Crippen molar-refractivity contribution in [3.63, 3.8) is 0 Å². The van der Waals surface area contributed by atoms with E-state index in [2.05, 4.69) is 10.2 Å². The van der Waals surface area contributed by atoms with Gasteiger partial charge in [0, 0.05) is 11.1 Å². The molecule has 0 spiro atoms. The van der Waals surface area contributed by atoms with E-state index in [4.69, 9.17) is 11.6 Å². The first-order valence-electron chi connectivity index (χ1n) is 7.00. The number of hydrogen-bond acceptors (Lipinski definition) is 3. The predicted octanol–water partition coefficient (Wildman–Crippen LogP) is 4.58. The average molecular weight is 362 g/mol. The SMILES string of the molecule is FB(F)n1cc(Cl)cc/c1=N/N=C/c1ccc(-c2cccs2)cc1. The van der Waals surface area contributed by atoms with E-state index < -0.39 is 7.40 Å². The molecular formula is C16H11BClF2N3S. The van der Waals surface area contributed by atoms with Crippen molar-refractivity contribution in [3.05, 3.63) is 76.2 Å². The third kappa shape index (κ3) is 3.99. The Morgan fingerprint density at radius 2 is 1.88 bits per heavy atom. The van der Waals surface area contributed by atoms with Crippen molar-refractivity contribution < 1.29 is 8.63 Å². The summed E-state index contributed by atoms with van der Waals surface area (Å²) in [7, 11) is -2.73. The summed E-state index contributed by atoms with van der Waals surface area (Å²) in [6.45, 7) is 0. The van der Waals surface area contributed by atoms with Crippen molar-refractivity contribution in [3.8, 4) is 10.4 Å². The lowest BCUT2D eigenvalue weighted by Crippen LogP contribution is -2.28. The number of halogens is 3. The van der Waals surface area contributed by atoms with Crippen LogP contribution in [0.15, 0.2) is 70.3 Å². The van der Waals surface area contributed by atoms with Gasteiger partial charge >= 0.3 is 7.40 Å². The fourth-order valence-corrected chi connectivity index (χ4v) is 2.96. The lowest BCUT2D eigenvalue weighted by Gasteiger charge is -2.02. The molecule has 0 aliphatic rings. The second kappa shape index (κ2) is 7.55. The Morgan fingerprint density at radius 1 is 1.08 bits per heavy atom. The zero-order valence-corrected chi connectivity index (χ0v) is 13.9. The van der Waals surface area contributed by atoms with Crippen LogP contribution in [-0.2, 0) is 0 Å². The number of nitrogens with zero attached hydrogens (tertiary/aromatic N) is 3. The van der Waals surface area contributed by atoms with E-state index in [1.807, 2.05) is 41.8 Å². The largest absolute Gasteiger partial charge is 0.678 e. The van der Waals surface area contributed by atoms with Crippen molar-refractivity contribution in [2.24, 2.45) is 10.2 Å². The summed E-state index contributed by atoms with van der Waals surface area (Å²) in [5.74, 6) is 0. The fraction of sp³-hybridized carbons (Fsp3) is 0. The highest BCUT2D eigenvalue weighted by Gasteiger charge is 2.17. The van der Waals surface area contributed by atoms with Crippen LogP contribution in [0.5, 0.6) is 0 Å². The van der Waals surface area contributed by atoms with Gasteiger partial charge in [0.2, 0.25) is 0 Å². The van der Waals surface area contributed by atoms with Gasteiger partial charge in [-0.05, 0) is 34.7 Å². The molecule has 0 amide bonds. The molecule has 0 fully saturated rings. The first-order valence-corrected chi connectivity index (χ1v) is 8.26. The number of hydrogen-bond donors (Lipinski definition) is 0. The van der Waals surface area contributed by atoms with Gasteiger partial charge in [-0.3, -0.25) is 8.63 Å². The first kappa shape index (κ1) is 16.6. The molecule has 3 rings (SSSR count). The van der Waals surface area contributed by atoms with Crippen LogP contribution in [0.2, 0.25) is 5.02 Å². The van der Waals surface area contributed by atoms with Gasteiger partial charge in [-0.1, -0.05) is 41.9 Å². The molecule has 0 unspecified atom stereocenters. The minimum atomic E-state index is -2.73. The van der Waals surface area contributed by atoms with Gasteiger partial charge < -0.3 is 4.48 Å². The van der Waals surface area contributed by atoms with Crippen LogP contribution in [0.25, 0.3) is 10.4 Å². The molecule has 0 saturated heterocycles. The van der Waals surface area contributed by atoms with Crippen LogP contribution >= 0.6 is 22.9 Å². The Morgan fingerprint density at radius 3 is 2.54 bits per heavy atom. The second-order valence-electron chi connectivity index (χ2n) is 4.83. The maximum atomic E-state index is 12.9. The average Bonchev–Trinajstić information content (AvgIpc) is 3.11. The van der Waals surface area contributed by atoms with E-state index in [1.54, 1.807) is 11.3 Å². The van der Waals surface area contributed by atoms with E-state index in [1.165, 1.54) is 23.2 Å². The zero-order chi connectivity index (χ0) is 16.9. The molecule has 0 aliphatic heterocycles. The molecule has 1 aromatic carbocycles. The summed E-state index contributed by atoms with van der Waals surface area (Å²) >= 11 is 7.38. The standard InChI is InChI=1S/C16H11BClF2N3S/c18-14-7-8-16(23(11-14)17(19)20)22-21-10-12-3-5-13(6-4-12)15-2-1-9-24-15/h1-11H/b21-10+,22-16-. The summed E-state index contributed by atoms with van der Waals surface area (Å²) < 4.78 is 26.5. The normalized spacial score (nSPS) is 12.0. The van der Waals surface area contributed by atoms with Crippen molar-refractivity contribution in [2.45, 2.75) is 0 Å². The molecule has 0 aliphatic carbocycles. The van der Waals surface area contributed by atoms with Crippen LogP contribution in [0.4, 0.5) is 8.63 Å². The summed E-state index contributed by atoms with van der Waals surface area (Å²) in [4.78, 5) is 1.18. The van der Waals surface area contributed by atoms with E-state index in [-0.39, 0.29) is 10.5 Å². The Hall–Kier alpha value is -2.25. The summed E-state index contributed by atoms with van der Waals surface area (Å²) in [5, 5.41) is 9.95. The second-order valence-corrected chi connectivity index (χ2v) is 6.22. The van der Waals surface area contributed by atoms with Crippen LogP contribution in [0, 0.1) is 0 Å². The van der Waals surface area contributed by atoms with E-state index in [0.717, 1.165) is 17.3 Å². The van der Waals surface area contributed by atoms with Gasteiger partial charge in [0.1, 0.15) is 5.49 Å². The Labute approximate surface area is 146 Å². The smallest absolute Gasteiger partial charge is 0.314 e. The summed E-state index contributed by atoms with van der Waals surface area (Å²) in [6.07, 6.45) is 2.64. The van der Waals surface area contributed by atoms with Crippen molar-refractivity contribution in [1.29, 1.82) is 0 Å². The highest BCUT2D eigenvalue weighted by molar-refractivity contribution is 7.13. The van der Waals surface area contributed by atoms with Crippen LogP contribution in [0.1, 0.15) is 5.56 Å². The zero-order valence-electron chi connectivity index (χ0n) is 12.3. The molecule has 2 heterocycles. The lowest BCUT2D eigenvalue weighted by atomic mass is 10.1. The summed E-state index contributed by atoms with van der Waals surface area (Å²) in [6, 6.07) is 14.7. The topological polar surface area (TPSA) is 29.6 Å². The van der Waals surface area contributed by atoms with Gasteiger partial charge in [0.05, 0.1) is 11.2 Å². The van der Waals surface area contributed by atoms with E-state index >= 15 is 0 Å². The highest BCUT2D eigenvalue weighted by atomic mass is 35.5. The molecule has 0 N–H and O–H groups in total. The maximum Gasteiger partial charge on any atom is 0.678 e.